The number of nitrogens with zero attached hydrogens (tertiary/aromatic N) is 2. The summed E-state index contributed by atoms with van der Waals surface area (Å²) in [6.45, 7) is 2.49. The standard InChI is InChI=1S/C21H21N3O5S/c1-3-29-16-10-6-14(7-11-16)23-21(22-2)30-17-12-18(25)24(19(17)26)15-8-4-13(5-9-15)20(27)28/h4-11,17H,3,12H2,1-2H3,(H,22,23)(H,27,28). The second-order valence-electron chi connectivity index (χ2n) is 6.34. The number of amidine groups is 1. The molecule has 1 atom stereocenters. The molecular weight excluding hydrogens is 406 g/mol. The minimum absolute atomic E-state index is 0.0359. The number of rotatable bonds is 6. The summed E-state index contributed by atoms with van der Waals surface area (Å²) in [5.74, 6) is -1.01. The van der Waals surface area contributed by atoms with Crippen LogP contribution in [0.2, 0.25) is 0 Å². The number of carbonyl (C=O) groups is 3. The minimum Gasteiger partial charge on any atom is -0.494 e. The molecular formula is C21H21N3O5S. The number of carboxylic acid groups (broad SMARTS) is 1. The number of ether oxygens (including phenoxy) is 1. The van der Waals surface area contributed by atoms with E-state index in [0.29, 0.717) is 17.5 Å². The smallest absolute Gasteiger partial charge is 0.335 e. The number of aliphatic imine (C=N–C) groups is 1. The van der Waals surface area contributed by atoms with Crippen LogP contribution in [0.25, 0.3) is 0 Å². The predicted molar refractivity (Wildman–Crippen MR) is 116 cm³/mol. The van der Waals surface area contributed by atoms with E-state index in [0.717, 1.165) is 16.3 Å². The summed E-state index contributed by atoms with van der Waals surface area (Å²) in [6.07, 6.45) is 0.0359. The highest BCUT2D eigenvalue weighted by Gasteiger charge is 2.40. The molecule has 1 heterocycles. The molecule has 2 N–H and O–H groups in total. The highest BCUT2D eigenvalue weighted by molar-refractivity contribution is 8.15. The molecule has 156 valence electrons. The third-order valence-electron chi connectivity index (χ3n) is 4.35. The lowest BCUT2D eigenvalue weighted by Gasteiger charge is -2.16. The van der Waals surface area contributed by atoms with E-state index in [1.54, 1.807) is 7.05 Å². The Kier molecular flexibility index (Phi) is 6.73. The van der Waals surface area contributed by atoms with E-state index in [-0.39, 0.29) is 23.8 Å². The lowest BCUT2D eigenvalue weighted by molar-refractivity contribution is -0.121. The summed E-state index contributed by atoms with van der Waals surface area (Å²) in [5.41, 5.74) is 1.22. The van der Waals surface area contributed by atoms with Gasteiger partial charge in [-0.15, -0.1) is 0 Å². The maximum atomic E-state index is 12.8. The molecule has 8 nitrogen and oxygen atoms in total. The SMILES string of the molecule is CCOc1ccc(NC(=NC)SC2CC(=O)N(c3ccc(C(=O)O)cc3)C2=O)cc1. The third kappa shape index (κ3) is 4.80. The number of thioether (sulfide) groups is 1. The van der Waals surface area contributed by atoms with Crippen LogP contribution in [0.15, 0.2) is 53.5 Å². The quantitative estimate of drug-likeness (QED) is 0.414. The molecule has 0 bridgehead atoms. The van der Waals surface area contributed by atoms with Gasteiger partial charge in [-0.05, 0) is 55.5 Å². The Hall–Kier alpha value is -3.33. The van der Waals surface area contributed by atoms with Gasteiger partial charge >= 0.3 is 5.97 Å². The van der Waals surface area contributed by atoms with E-state index < -0.39 is 11.2 Å². The van der Waals surface area contributed by atoms with Crippen molar-refractivity contribution in [3.63, 3.8) is 0 Å². The molecule has 1 unspecified atom stereocenters. The Morgan fingerprint density at radius 2 is 1.87 bits per heavy atom. The fourth-order valence-electron chi connectivity index (χ4n) is 2.92. The van der Waals surface area contributed by atoms with Crippen LogP contribution in [0, 0.1) is 0 Å². The van der Waals surface area contributed by atoms with Crippen molar-refractivity contribution in [1.82, 2.24) is 0 Å². The normalized spacial score (nSPS) is 16.7. The second kappa shape index (κ2) is 9.45. The van der Waals surface area contributed by atoms with E-state index in [1.807, 2.05) is 31.2 Å². The molecule has 2 aromatic carbocycles. The van der Waals surface area contributed by atoms with Crippen molar-refractivity contribution in [3.05, 3.63) is 54.1 Å². The van der Waals surface area contributed by atoms with E-state index in [9.17, 15) is 14.4 Å². The first-order valence-electron chi connectivity index (χ1n) is 9.26. The molecule has 2 aromatic rings. The highest BCUT2D eigenvalue weighted by atomic mass is 32.2. The number of nitrogens with one attached hydrogen (secondary N) is 1. The fraction of sp³-hybridized carbons (Fsp3) is 0.238. The van der Waals surface area contributed by atoms with Gasteiger partial charge in [0.25, 0.3) is 0 Å². The van der Waals surface area contributed by atoms with Crippen LogP contribution >= 0.6 is 11.8 Å². The van der Waals surface area contributed by atoms with Gasteiger partial charge in [0.05, 0.1) is 17.9 Å². The summed E-state index contributed by atoms with van der Waals surface area (Å²) in [4.78, 5) is 41.5. The van der Waals surface area contributed by atoms with Crippen molar-refractivity contribution in [1.29, 1.82) is 0 Å². The van der Waals surface area contributed by atoms with Gasteiger partial charge in [0, 0.05) is 19.2 Å². The van der Waals surface area contributed by atoms with Crippen molar-refractivity contribution in [3.8, 4) is 5.75 Å². The largest absolute Gasteiger partial charge is 0.494 e. The molecule has 0 saturated carbocycles. The Bertz CT molecular complexity index is 973. The van der Waals surface area contributed by atoms with Crippen molar-refractivity contribution < 1.29 is 24.2 Å². The summed E-state index contributed by atoms with van der Waals surface area (Å²) >= 11 is 1.18. The summed E-state index contributed by atoms with van der Waals surface area (Å²) in [7, 11) is 1.60. The lowest BCUT2D eigenvalue weighted by atomic mass is 10.2. The first kappa shape index (κ1) is 21.4. The van der Waals surface area contributed by atoms with Gasteiger partial charge in [-0.1, -0.05) is 11.8 Å². The number of anilines is 2. The molecule has 3 rings (SSSR count). The number of carbonyl (C=O) groups excluding carboxylic acids is 2. The van der Waals surface area contributed by atoms with Crippen LogP contribution in [-0.4, -0.2) is 47.0 Å². The molecule has 9 heteroatoms. The van der Waals surface area contributed by atoms with Crippen LogP contribution in [0.1, 0.15) is 23.7 Å². The van der Waals surface area contributed by atoms with E-state index in [4.69, 9.17) is 9.84 Å². The predicted octanol–water partition coefficient (Wildman–Crippen LogP) is 3.25. The van der Waals surface area contributed by atoms with E-state index in [2.05, 4.69) is 10.3 Å². The Morgan fingerprint density at radius 1 is 1.20 bits per heavy atom. The average Bonchev–Trinajstić information content (AvgIpc) is 3.02. The summed E-state index contributed by atoms with van der Waals surface area (Å²) in [6, 6.07) is 13.0. The molecule has 0 spiro atoms. The fourth-order valence-corrected chi connectivity index (χ4v) is 3.90. The lowest BCUT2D eigenvalue weighted by Crippen LogP contribution is -2.31. The minimum atomic E-state index is -1.07. The molecule has 1 saturated heterocycles. The number of hydrogen-bond donors (Lipinski definition) is 2. The van der Waals surface area contributed by atoms with Crippen molar-refractivity contribution in [2.24, 2.45) is 4.99 Å². The molecule has 0 aromatic heterocycles. The number of imide groups is 1. The van der Waals surface area contributed by atoms with Crippen LogP contribution in [0.5, 0.6) is 5.75 Å². The van der Waals surface area contributed by atoms with Crippen LogP contribution in [0.4, 0.5) is 11.4 Å². The van der Waals surface area contributed by atoms with Gasteiger partial charge in [-0.25, -0.2) is 9.69 Å². The molecule has 1 aliphatic rings. The molecule has 2 amide bonds. The van der Waals surface area contributed by atoms with Crippen LogP contribution in [-0.2, 0) is 9.59 Å². The molecule has 0 radical (unpaired) electrons. The van der Waals surface area contributed by atoms with Crippen LogP contribution < -0.4 is 15.0 Å². The van der Waals surface area contributed by atoms with Gasteiger partial charge < -0.3 is 15.2 Å². The van der Waals surface area contributed by atoms with Gasteiger partial charge in [-0.3, -0.25) is 14.6 Å². The first-order chi connectivity index (χ1) is 14.4. The molecule has 30 heavy (non-hydrogen) atoms. The maximum Gasteiger partial charge on any atom is 0.335 e. The van der Waals surface area contributed by atoms with Crippen molar-refractivity contribution in [2.75, 3.05) is 23.9 Å². The Labute approximate surface area is 177 Å². The number of aromatic carboxylic acids is 1. The maximum absolute atomic E-state index is 12.8. The van der Waals surface area contributed by atoms with Gasteiger partial charge in [0.1, 0.15) is 11.0 Å². The van der Waals surface area contributed by atoms with E-state index in [1.165, 1.54) is 36.0 Å². The number of benzene rings is 2. The molecule has 1 aliphatic heterocycles. The zero-order valence-corrected chi connectivity index (χ0v) is 17.3. The Balaban J connectivity index is 1.67. The van der Waals surface area contributed by atoms with E-state index >= 15 is 0 Å². The number of hydrogen-bond acceptors (Lipinski definition) is 6. The monoisotopic (exact) mass is 427 g/mol. The summed E-state index contributed by atoms with van der Waals surface area (Å²) < 4.78 is 5.42. The zero-order valence-electron chi connectivity index (χ0n) is 16.5. The number of amides is 2. The van der Waals surface area contributed by atoms with Gasteiger partial charge in [0.2, 0.25) is 11.8 Å². The zero-order chi connectivity index (χ0) is 21.7. The number of carboxylic acids is 1. The van der Waals surface area contributed by atoms with Gasteiger partial charge in [0.15, 0.2) is 5.17 Å². The molecule has 0 aliphatic carbocycles. The van der Waals surface area contributed by atoms with Crippen LogP contribution in [0.3, 0.4) is 0 Å². The molecule has 1 fully saturated rings. The highest BCUT2D eigenvalue weighted by Crippen LogP contribution is 2.31. The van der Waals surface area contributed by atoms with Crippen molar-refractivity contribution in [2.45, 2.75) is 18.6 Å². The first-order valence-corrected chi connectivity index (χ1v) is 10.1. The van der Waals surface area contributed by atoms with Crippen molar-refractivity contribution >= 4 is 46.1 Å². The Morgan fingerprint density at radius 3 is 2.43 bits per heavy atom. The second-order valence-corrected chi connectivity index (χ2v) is 7.53. The van der Waals surface area contributed by atoms with Gasteiger partial charge in [-0.2, -0.15) is 0 Å². The third-order valence-corrected chi connectivity index (χ3v) is 5.51. The summed E-state index contributed by atoms with van der Waals surface area (Å²) in [5, 5.41) is 12.0. The average molecular weight is 427 g/mol. The topological polar surface area (TPSA) is 108 Å².